The molecule has 2 saturated heterocycles. The number of aryl methyl sites for hydroxylation is 2. The largest absolute Gasteiger partial charge is 0.393 e. The molecule has 0 spiro atoms. The molecule has 3 N–H and O–H groups in total. The second-order valence-electron chi connectivity index (χ2n) is 17.0. The molecule has 8 rings (SSSR count). The number of rotatable bonds is 16. The van der Waals surface area contributed by atoms with Crippen LogP contribution in [0.4, 0.5) is 19.1 Å². The number of imidazole rings is 1. The lowest BCUT2D eigenvalue weighted by Crippen LogP contribution is -2.46. The van der Waals surface area contributed by atoms with E-state index in [1.807, 2.05) is 18.2 Å². The first kappa shape index (κ1) is 43.5. The number of aliphatic hydroxyl groups is 1. The zero-order valence-electron chi connectivity index (χ0n) is 35.2. The fraction of sp³-hybridized carbons (Fsp3) is 0.533. The molecule has 2 aromatic carbocycles. The van der Waals surface area contributed by atoms with E-state index in [1.165, 1.54) is 10.1 Å². The second kappa shape index (κ2) is 19.1. The highest BCUT2D eigenvalue weighted by Gasteiger charge is 2.32. The van der Waals surface area contributed by atoms with Gasteiger partial charge in [0.15, 0.2) is 0 Å². The molecule has 332 valence electrons. The number of piperazine rings is 1. The summed E-state index contributed by atoms with van der Waals surface area (Å²) in [5.74, 6) is -0.571. The summed E-state index contributed by atoms with van der Waals surface area (Å²) in [7, 11) is 1.71. The van der Waals surface area contributed by atoms with E-state index in [0.717, 1.165) is 99.0 Å². The van der Waals surface area contributed by atoms with E-state index in [2.05, 4.69) is 65.4 Å². The summed E-state index contributed by atoms with van der Waals surface area (Å²) in [6.07, 6.45) is 4.37. The lowest BCUT2D eigenvalue weighted by molar-refractivity contribution is -0.136. The Bertz CT molecular complexity index is 2410. The maximum absolute atomic E-state index is 13.1. The normalized spacial score (nSPS) is 20.6. The zero-order chi connectivity index (χ0) is 43.4. The maximum atomic E-state index is 13.1. The van der Waals surface area contributed by atoms with Crippen molar-refractivity contribution in [2.45, 2.75) is 95.1 Å². The van der Waals surface area contributed by atoms with E-state index < -0.39 is 24.5 Å². The van der Waals surface area contributed by atoms with Crippen LogP contribution < -0.4 is 16.3 Å². The third-order valence-electron chi connectivity index (χ3n) is 12.7. The van der Waals surface area contributed by atoms with Gasteiger partial charge in [-0.05, 0) is 80.2 Å². The Labute approximate surface area is 358 Å². The van der Waals surface area contributed by atoms with Crippen LogP contribution in [0, 0.1) is 0 Å². The number of nitrogens with zero attached hydrogens (tertiary/aromatic N) is 7. The Morgan fingerprint density at radius 1 is 0.903 bits per heavy atom. The lowest BCUT2D eigenvalue weighted by Gasteiger charge is -2.34. The number of benzene rings is 2. The predicted molar refractivity (Wildman–Crippen MR) is 230 cm³/mol. The molecule has 2 amide bonds. The second-order valence-corrected chi connectivity index (χ2v) is 17.0. The molecule has 62 heavy (non-hydrogen) atoms. The van der Waals surface area contributed by atoms with Gasteiger partial charge in [-0.2, -0.15) is 18.2 Å². The Kier molecular flexibility index (Phi) is 13.4. The Morgan fingerprint density at radius 3 is 2.37 bits per heavy atom. The number of amides is 2. The fourth-order valence-corrected chi connectivity index (χ4v) is 9.16. The highest BCUT2D eigenvalue weighted by Crippen LogP contribution is 2.37. The van der Waals surface area contributed by atoms with Crippen molar-refractivity contribution >= 4 is 39.8 Å². The van der Waals surface area contributed by atoms with Crippen molar-refractivity contribution in [2.24, 2.45) is 7.05 Å². The number of carbonyl (C=O) groups is 2. The molecule has 3 aromatic heterocycles. The van der Waals surface area contributed by atoms with E-state index >= 15 is 0 Å². The fourth-order valence-electron chi connectivity index (χ4n) is 9.16. The van der Waals surface area contributed by atoms with Crippen LogP contribution in [0.3, 0.4) is 0 Å². The number of alkyl halides is 3. The minimum atomic E-state index is -4.26. The van der Waals surface area contributed by atoms with Crippen molar-refractivity contribution in [1.82, 2.24) is 38.8 Å². The Morgan fingerprint density at radius 2 is 1.63 bits per heavy atom. The number of anilines is 1. The number of carbonyl (C=O) groups excluding carboxylic acids is 2. The number of piperidine rings is 1. The summed E-state index contributed by atoms with van der Waals surface area (Å²) < 4.78 is 49.5. The number of halogens is 3. The molecular weight excluding hydrogens is 804 g/mol. The van der Waals surface area contributed by atoms with Crippen molar-refractivity contribution in [3.63, 3.8) is 0 Å². The van der Waals surface area contributed by atoms with Gasteiger partial charge in [0.2, 0.25) is 17.8 Å². The van der Waals surface area contributed by atoms with Gasteiger partial charge in [-0.25, -0.2) is 9.78 Å². The van der Waals surface area contributed by atoms with Crippen LogP contribution in [0.2, 0.25) is 0 Å². The minimum absolute atomic E-state index is 0.133. The van der Waals surface area contributed by atoms with Gasteiger partial charge in [-0.3, -0.25) is 28.9 Å². The van der Waals surface area contributed by atoms with Crippen LogP contribution in [0.25, 0.3) is 33.2 Å². The summed E-state index contributed by atoms with van der Waals surface area (Å²) in [6, 6.07) is 13.9. The molecule has 0 unspecified atom stereocenters. The summed E-state index contributed by atoms with van der Waals surface area (Å²) in [5, 5.41) is 16.1. The van der Waals surface area contributed by atoms with Crippen LogP contribution >= 0.6 is 0 Å². The summed E-state index contributed by atoms with van der Waals surface area (Å²) in [4.78, 5) is 51.2. The molecule has 3 aliphatic rings. The van der Waals surface area contributed by atoms with Crippen LogP contribution in [0.1, 0.15) is 81.0 Å². The topological polar surface area (TPSA) is 152 Å². The smallest absolute Gasteiger partial charge is 0.390 e. The Balaban J connectivity index is 0.771. The number of aromatic nitrogens is 5. The number of nitrogens with one attached hydrogen (secondary N) is 2. The van der Waals surface area contributed by atoms with Crippen molar-refractivity contribution < 1.29 is 32.6 Å². The van der Waals surface area contributed by atoms with E-state index in [0.29, 0.717) is 43.6 Å². The van der Waals surface area contributed by atoms with Gasteiger partial charge in [-0.15, -0.1) is 0 Å². The van der Waals surface area contributed by atoms with Crippen LogP contribution in [-0.2, 0) is 34.3 Å². The number of imide groups is 1. The Hall–Kier alpha value is -5.10. The SMILES string of the molecule is Cn1c(=O)n([C@H]2CCC(=O)NC2=O)c2ccc(CCCOCCCN3CCN(Cc4ccc(-c5cn(C6CCC(O)CC6)c6nc(NCCC(F)(F)F)ncc56)cc4)CC3)cc21. The van der Waals surface area contributed by atoms with Crippen LogP contribution in [-0.4, -0.2) is 115 Å². The third-order valence-corrected chi connectivity index (χ3v) is 12.7. The van der Waals surface area contributed by atoms with Crippen LogP contribution in [0.15, 0.2) is 59.7 Å². The molecule has 3 fully saturated rings. The number of fused-ring (bicyclic) bond motifs is 2. The summed E-state index contributed by atoms with van der Waals surface area (Å²) >= 11 is 0. The maximum Gasteiger partial charge on any atom is 0.390 e. The van der Waals surface area contributed by atoms with Crippen molar-refractivity contribution in [3.05, 3.63) is 76.5 Å². The molecule has 0 radical (unpaired) electrons. The van der Waals surface area contributed by atoms with Gasteiger partial charge in [0.1, 0.15) is 11.7 Å². The zero-order valence-corrected chi connectivity index (χ0v) is 35.2. The van der Waals surface area contributed by atoms with Crippen molar-refractivity contribution in [2.75, 3.05) is 57.8 Å². The molecular formula is C45H56F3N9O5. The van der Waals surface area contributed by atoms with Gasteiger partial charge < -0.3 is 24.6 Å². The van der Waals surface area contributed by atoms with E-state index in [4.69, 9.17) is 4.74 Å². The van der Waals surface area contributed by atoms with Crippen molar-refractivity contribution in [3.8, 4) is 11.1 Å². The quantitative estimate of drug-likeness (QED) is 0.0830. The van der Waals surface area contributed by atoms with Gasteiger partial charge >= 0.3 is 11.9 Å². The van der Waals surface area contributed by atoms with E-state index in [9.17, 15) is 32.7 Å². The summed E-state index contributed by atoms with van der Waals surface area (Å²) in [5.41, 5.74) is 6.19. The molecule has 14 nitrogen and oxygen atoms in total. The number of ether oxygens (including phenoxy) is 1. The van der Waals surface area contributed by atoms with E-state index in [-0.39, 0.29) is 42.7 Å². The predicted octanol–water partition coefficient (Wildman–Crippen LogP) is 5.73. The summed E-state index contributed by atoms with van der Waals surface area (Å²) in [6.45, 7) is 6.85. The van der Waals surface area contributed by atoms with Gasteiger partial charge in [0.25, 0.3) is 0 Å². The molecule has 5 aromatic rings. The van der Waals surface area contributed by atoms with Gasteiger partial charge in [0.05, 0.1) is 23.6 Å². The standard InChI is InChI=1S/C45H56F3N9O5/c1-53-39-26-30(7-14-37(39)57(44(53)61)38-15-16-40(59)51-42(38)60)4-2-24-62-25-3-19-54-20-22-55(23-21-54)28-31-5-8-32(9-6-31)36-29-56(33-10-12-34(58)13-11-33)41-35(36)27-50-43(52-41)49-18-17-45(46,47)48/h5-9,14,26-27,29,33-34,38,58H,2-4,10-13,15-25,28H2,1H3,(H,49,50,52)(H,51,59,60)/t33?,34?,38-/m0/s1. The number of hydrogen-bond acceptors (Lipinski definition) is 10. The molecule has 5 heterocycles. The molecule has 2 aliphatic heterocycles. The number of aliphatic hydroxyl groups excluding tert-OH is 1. The molecule has 17 heteroatoms. The molecule has 1 saturated carbocycles. The van der Waals surface area contributed by atoms with Crippen LogP contribution in [0.5, 0.6) is 0 Å². The highest BCUT2D eigenvalue weighted by molar-refractivity contribution is 6.00. The average molecular weight is 860 g/mol. The van der Waals surface area contributed by atoms with Gasteiger partial charge in [0, 0.05) is 102 Å². The first-order valence-corrected chi connectivity index (χ1v) is 21.9. The lowest BCUT2D eigenvalue weighted by atomic mass is 9.93. The van der Waals surface area contributed by atoms with E-state index in [1.54, 1.807) is 17.8 Å². The minimum Gasteiger partial charge on any atom is -0.393 e. The monoisotopic (exact) mass is 859 g/mol. The average Bonchev–Trinajstić information content (AvgIpc) is 3.74. The first-order valence-electron chi connectivity index (χ1n) is 21.9. The van der Waals surface area contributed by atoms with Crippen molar-refractivity contribution in [1.29, 1.82) is 0 Å². The molecule has 1 atom stereocenters. The number of hydrogen-bond donors (Lipinski definition) is 3. The van der Waals surface area contributed by atoms with Gasteiger partial charge in [-0.1, -0.05) is 30.3 Å². The third kappa shape index (κ3) is 10.2. The molecule has 0 bridgehead atoms. The first-order chi connectivity index (χ1) is 29.9. The molecule has 1 aliphatic carbocycles. The highest BCUT2D eigenvalue weighted by atomic mass is 19.4.